The van der Waals surface area contributed by atoms with Gasteiger partial charge in [-0.15, -0.1) is 11.6 Å². The third kappa shape index (κ3) is 3.50. The van der Waals surface area contributed by atoms with Crippen LogP contribution in [0.3, 0.4) is 0 Å². The highest BCUT2D eigenvalue weighted by Gasteiger charge is 2.40. The molecule has 0 radical (unpaired) electrons. The highest BCUT2D eigenvalue weighted by Crippen LogP contribution is 2.48. The molecule has 0 N–H and O–H groups in total. The van der Waals surface area contributed by atoms with E-state index in [2.05, 4.69) is 122 Å². The van der Waals surface area contributed by atoms with E-state index in [-0.39, 0.29) is 5.38 Å². The Kier molecular flexibility index (Phi) is 5.83. The van der Waals surface area contributed by atoms with Crippen molar-refractivity contribution >= 4 is 11.6 Å². The molecule has 4 aromatic rings. The van der Waals surface area contributed by atoms with Crippen LogP contribution in [0.2, 0.25) is 0 Å². The monoisotopic (exact) mass is 396 g/mol. The molecule has 0 aliphatic heterocycles. The summed E-state index contributed by atoms with van der Waals surface area (Å²) in [6.45, 7) is 2.14. The molecule has 0 fully saturated rings. The van der Waals surface area contributed by atoms with Crippen LogP contribution < -0.4 is 0 Å². The van der Waals surface area contributed by atoms with E-state index in [4.69, 9.17) is 11.6 Å². The zero-order valence-electron chi connectivity index (χ0n) is 16.6. The third-order valence-electron chi connectivity index (χ3n) is 5.68. The van der Waals surface area contributed by atoms with Crippen LogP contribution in [0.15, 0.2) is 115 Å². The number of rotatable bonds is 6. The molecule has 0 saturated heterocycles. The van der Waals surface area contributed by atoms with Gasteiger partial charge in [-0.25, -0.2) is 0 Å². The molecule has 4 rings (SSSR count). The van der Waals surface area contributed by atoms with E-state index in [1.807, 2.05) is 0 Å². The maximum atomic E-state index is 6.86. The summed E-state index contributed by atoms with van der Waals surface area (Å²) in [5.74, 6) is 0. The van der Waals surface area contributed by atoms with Gasteiger partial charge in [-0.3, -0.25) is 0 Å². The normalized spacial score (nSPS) is 12.5. The Morgan fingerprint density at radius 2 is 0.966 bits per heavy atom. The van der Waals surface area contributed by atoms with Gasteiger partial charge in [-0.2, -0.15) is 0 Å². The summed E-state index contributed by atoms with van der Waals surface area (Å²) in [4.78, 5) is 0. The Hall–Kier alpha value is -2.83. The highest BCUT2D eigenvalue weighted by molar-refractivity contribution is 6.20. The number of halogens is 1. The minimum Gasteiger partial charge on any atom is -0.118 e. The minimum atomic E-state index is -0.442. The SMILES string of the molecule is CC[C@@H](Cl)c1ccccc1C(c1ccccc1)(c1ccccc1)c1ccccc1. The second kappa shape index (κ2) is 8.68. The van der Waals surface area contributed by atoms with Gasteiger partial charge in [0.05, 0.1) is 10.8 Å². The topological polar surface area (TPSA) is 0 Å². The molecule has 0 heterocycles. The maximum Gasteiger partial charge on any atom is 0.0704 e. The zero-order valence-corrected chi connectivity index (χ0v) is 17.4. The molecule has 0 aliphatic carbocycles. The molecule has 4 aromatic carbocycles. The van der Waals surface area contributed by atoms with E-state index < -0.39 is 5.41 Å². The number of alkyl halides is 1. The predicted octanol–water partition coefficient (Wildman–Crippen LogP) is 7.76. The second-order valence-corrected chi connectivity index (χ2v) is 7.84. The van der Waals surface area contributed by atoms with Gasteiger partial charge in [-0.1, -0.05) is 122 Å². The van der Waals surface area contributed by atoms with Crippen molar-refractivity contribution in [2.24, 2.45) is 0 Å². The van der Waals surface area contributed by atoms with Crippen LogP contribution in [0.25, 0.3) is 0 Å². The van der Waals surface area contributed by atoms with E-state index >= 15 is 0 Å². The molecule has 0 aliphatic rings. The molecule has 0 bridgehead atoms. The lowest BCUT2D eigenvalue weighted by Gasteiger charge is -2.38. The van der Waals surface area contributed by atoms with Crippen LogP contribution in [0.1, 0.15) is 46.5 Å². The number of benzene rings is 4. The van der Waals surface area contributed by atoms with Crippen molar-refractivity contribution in [2.45, 2.75) is 24.1 Å². The molecular weight excluding hydrogens is 372 g/mol. The van der Waals surface area contributed by atoms with Gasteiger partial charge in [0, 0.05) is 0 Å². The Morgan fingerprint density at radius 1 is 0.586 bits per heavy atom. The average Bonchev–Trinajstić information content (AvgIpc) is 2.82. The van der Waals surface area contributed by atoms with Crippen LogP contribution >= 0.6 is 11.6 Å². The Labute approximate surface area is 178 Å². The van der Waals surface area contributed by atoms with Crippen molar-refractivity contribution in [3.8, 4) is 0 Å². The van der Waals surface area contributed by atoms with Gasteiger partial charge < -0.3 is 0 Å². The molecule has 144 valence electrons. The van der Waals surface area contributed by atoms with Crippen molar-refractivity contribution < 1.29 is 0 Å². The van der Waals surface area contributed by atoms with Crippen molar-refractivity contribution in [1.82, 2.24) is 0 Å². The second-order valence-electron chi connectivity index (χ2n) is 7.31. The Balaban J connectivity index is 2.16. The van der Waals surface area contributed by atoms with Gasteiger partial charge >= 0.3 is 0 Å². The summed E-state index contributed by atoms with van der Waals surface area (Å²) < 4.78 is 0. The number of hydrogen-bond acceptors (Lipinski definition) is 0. The molecule has 0 unspecified atom stereocenters. The van der Waals surface area contributed by atoms with Gasteiger partial charge in [0.15, 0.2) is 0 Å². The smallest absolute Gasteiger partial charge is 0.0704 e. The predicted molar refractivity (Wildman–Crippen MR) is 124 cm³/mol. The zero-order chi connectivity index (χ0) is 20.1. The molecule has 1 heteroatoms. The fourth-order valence-electron chi connectivity index (χ4n) is 4.36. The van der Waals surface area contributed by atoms with Crippen molar-refractivity contribution in [3.05, 3.63) is 143 Å². The van der Waals surface area contributed by atoms with E-state index in [1.165, 1.54) is 27.8 Å². The molecule has 29 heavy (non-hydrogen) atoms. The van der Waals surface area contributed by atoms with Crippen molar-refractivity contribution in [3.63, 3.8) is 0 Å². The molecule has 0 amide bonds. The fourth-order valence-corrected chi connectivity index (χ4v) is 4.55. The Bertz CT molecular complexity index is 943. The lowest BCUT2D eigenvalue weighted by Crippen LogP contribution is -2.32. The first kappa shape index (κ1) is 19.5. The average molecular weight is 397 g/mol. The van der Waals surface area contributed by atoms with Gasteiger partial charge in [0.25, 0.3) is 0 Å². The van der Waals surface area contributed by atoms with E-state index in [0.717, 1.165) is 6.42 Å². The lowest BCUT2D eigenvalue weighted by atomic mass is 9.63. The highest BCUT2D eigenvalue weighted by atomic mass is 35.5. The summed E-state index contributed by atoms with van der Waals surface area (Å²) in [6.07, 6.45) is 0.882. The lowest BCUT2D eigenvalue weighted by molar-refractivity contribution is 0.721. The van der Waals surface area contributed by atoms with E-state index in [1.54, 1.807) is 0 Å². The van der Waals surface area contributed by atoms with Crippen molar-refractivity contribution in [2.75, 3.05) is 0 Å². The molecular formula is C28H25Cl. The molecule has 0 aromatic heterocycles. The first-order valence-corrected chi connectivity index (χ1v) is 10.6. The van der Waals surface area contributed by atoms with Crippen molar-refractivity contribution in [1.29, 1.82) is 0 Å². The van der Waals surface area contributed by atoms with Gasteiger partial charge in [-0.05, 0) is 34.2 Å². The largest absolute Gasteiger partial charge is 0.118 e. The van der Waals surface area contributed by atoms with Crippen LogP contribution in [-0.4, -0.2) is 0 Å². The maximum absolute atomic E-state index is 6.86. The first-order valence-electron chi connectivity index (χ1n) is 10.2. The summed E-state index contributed by atoms with van der Waals surface area (Å²) in [5, 5.41) is -0.0401. The molecule has 0 spiro atoms. The quantitative estimate of drug-likeness (QED) is 0.231. The summed E-state index contributed by atoms with van der Waals surface area (Å²) in [6, 6.07) is 41.0. The van der Waals surface area contributed by atoms with Crippen LogP contribution in [0, 0.1) is 0 Å². The van der Waals surface area contributed by atoms with Crippen LogP contribution in [-0.2, 0) is 5.41 Å². The molecule has 0 nitrogen and oxygen atoms in total. The van der Waals surface area contributed by atoms with Gasteiger partial charge in [0.1, 0.15) is 0 Å². The third-order valence-corrected chi connectivity index (χ3v) is 6.22. The summed E-state index contributed by atoms with van der Waals surface area (Å²) in [7, 11) is 0. The Morgan fingerprint density at radius 3 is 1.38 bits per heavy atom. The fraction of sp³-hybridized carbons (Fsp3) is 0.143. The van der Waals surface area contributed by atoms with E-state index in [0.29, 0.717) is 0 Å². The molecule has 0 saturated carbocycles. The first-order chi connectivity index (χ1) is 14.3. The standard InChI is InChI=1S/C28H25Cl/c1-2-27(29)25-20-12-13-21-26(25)28(22-14-6-3-7-15-22,23-16-8-4-9-17-23)24-18-10-5-11-19-24/h3-21,27H,2H2,1H3/t27-/m1/s1. The van der Waals surface area contributed by atoms with Crippen LogP contribution in [0.5, 0.6) is 0 Å². The van der Waals surface area contributed by atoms with E-state index in [9.17, 15) is 0 Å². The minimum absolute atomic E-state index is 0.0401. The van der Waals surface area contributed by atoms with Crippen LogP contribution in [0.4, 0.5) is 0 Å². The number of hydrogen-bond donors (Lipinski definition) is 0. The summed E-state index contributed by atoms with van der Waals surface area (Å²) >= 11 is 6.86. The van der Waals surface area contributed by atoms with Gasteiger partial charge in [0.2, 0.25) is 0 Å². The summed E-state index contributed by atoms with van der Waals surface area (Å²) in [5.41, 5.74) is 5.71. The molecule has 1 atom stereocenters.